The van der Waals surface area contributed by atoms with E-state index in [-0.39, 0.29) is 85.8 Å². The molecule has 0 bridgehead atoms. The van der Waals surface area contributed by atoms with E-state index >= 15 is 0 Å². The van der Waals surface area contributed by atoms with E-state index < -0.39 is 10.1 Å². The van der Waals surface area contributed by atoms with Crippen LogP contribution in [0, 0.1) is 0 Å². The van der Waals surface area contributed by atoms with Crippen molar-refractivity contribution in [1.29, 1.82) is 0 Å². The van der Waals surface area contributed by atoms with Crippen LogP contribution in [0.15, 0.2) is 47.4 Å². The van der Waals surface area contributed by atoms with Crippen molar-refractivity contribution in [1.82, 2.24) is 0 Å². The molecule has 0 atom stereocenters. The average molecular weight is 270 g/mol. The predicted octanol–water partition coefficient (Wildman–Crippen LogP) is -1.90. The number of hydrogen-bond acceptors (Lipinski definition) is 3. The molecule has 0 saturated carbocycles. The molecule has 2 rings (SSSR count). The zero-order valence-electron chi connectivity index (χ0n) is 8.17. The van der Waals surface area contributed by atoms with Crippen LogP contribution in [0.5, 0.6) is 0 Å². The van der Waals surface area contributed by atoms with Gasteiger partial charge < -0.3 is 4.55 Å². The Balaban J connectivity index is 0.00000112. The molecule has 2 aromatic rings. The van der Waals surface area contributed by atoms with Gasteiger partial charge in [0.25, 0.3) is 0 Å². The molecular formula is C10H8KNaO3S. The molecule has 0 radical (unpaired) electrons. The molecular weight excluding hydrogens is 262 g/mol. The van der Waals surface area contributed by atoms with Crippen molar-refractivity contribution in [2.75, 3.05) is 0 Å². The van der Waals surface area contributed by atoms with Crippen molar-refractivity contribution in [3.05, 3.63) is 42.5 Å². The van der Waals surface area contributed by atoms with Crippen molar-refractivity contribution in [2.24, 2.45) is 0 Å². The van der Waals surface area contributed by atoms with Crippen LogP contribution in [0.4, 0.5) is 0 Å². The summed E-state index contributed by atoms with van der Waals surface area (Å²) in [6.07, 6.45) is 0. The fourth-order valence-corrected chi connectivity index (χ4v) is 2.11. The van der Waals surface area contributed by atoms with Crippen LogP contribution in [-0.2, 0) is 10.1 Å². The van der Waals surface area contributed by atoms with Crippen molar-refractivity contribution in [2.45, 2.75) is 4.90 Å². The third-order valence-corrected chi connectivity index (χ3v) is 2.91. The van der Waals surface area contributed by atoms with Crippen molar-refractivity contribution >= 4 is 50.4 Å². The van der Waals surface area contributed by atoms with Gasteiger partial charge in [-0.25, -0.2) is 8.42 Å². The topological polar surface area (TPSA) is 57.2 Å². The Morgan fingerprint density at radius 1 is 0.938 bits per heavy atom. The van der Waals surface area contributed by atoms with E-state index in [0.717, 1.165) is 5.39 Å². The predicted molar refractivity (Wildman–Crippen MR) is 59.1 cm³/mol. The van der Waals surface area contributed by atoms with E-state index in [0.29, 0.717) is 5.39 Å². The first-order valence-electron chi connectivity index (χ1n) is 4.03. The maximum atomic E-state index is 10.9. The molecule has 0 saturated heterocycles. The Labute approximate surface area is 159 Å². The van der Waals surface area contributed by atoms with E-state index in [1.807, 2.05) is 0 Å². The summed E-state index contributed by atoms with van der Waals surface area (Å²) in [4.78, 5) is -0.157. The summed E-state index contributed by atoms with van der Waals surface area (Å²) in [7, 11) is -4.38. The van der Waals surface area contributed by atoms with Crippen LogP contribution in [-0.4, -0.2) is 42.5 Å². The fourth-order valence-electron chi connectivity index (χ4n) is 1.41. The molecule has 74 valence electrons. The van der Waals surface area contributed by atoms with Gasteiger partial charge in [0, 0.05) is 0 Å². The maximum absolute atomic E-state index is 10.9. The summed E-state index contributed by atoms with van der Waals surface area (Å²) in [6, 6.07) is 11.5. The second kappa shape index (κ2) is 6.99. The molecule has 0 aliphatic rings. The third-order valence-electron chi connectivity index (χ3n) is 2.02. The van der Waals surface area contributed by atoms with Crippen molar-refractivity contribution < 1.29 is 64.4 Å². The first-order valence-corrected chi connectivity index (χ1v) is 5.43. The normalized spacial score (nSPS) is 10.3. The molecule has 0 aromatic heterocycles. The number of benzene rings is 2. The molecule has 0 N–H and O–H groups in total. The van der Waals surface area contributed by atoms with Crippen LogP contribution < -0.4 is 51.4 Å². The molecule has 0 fully saturated rings. The third kappa shape index (κ3) is 3.88. The van der Waals surface area contributed by atoms with Gasteiger partial charge in [-0.3, -0.25) is 0 Å². The minimum atomic E-state index is -4.38. The molecule has 0 aliphatic carbocycles. The Bertz CT molecular complexity index is 578. The molecule has 16 heavy (non-hydrogen) atoms. The molecule has 0 amide bonds. The number of rotatable bonds is 1. The molecule has 0 spiro atoms. The average Bonchev–Trinajstić information content (AvgIpc) is 2.15. The van der Waals surface area contributed by atoms with Gasteiger partial charge in [-0.15, -0.1) is 0 Å². The van der Waals surface area contributed by atoms with E-state index in [4.69, 9.17) is 0 Å². The second-order valence-corrected chi connectivity index (χ2v) is 4.28. The Kier molecular flexibility index (Phi) is 7.53. The first-order chi connectivity index (χ1) is 6.59. The number of hydrogen-bond donors (Lipinski definition) is 0. The zero-order valence-corrected chi connectivity index (χ0v) is 12.1. The Morgan fingerprint density at radius 3 is 2.12 bits per heavy atom. The fraction of sp³-hybridized carbons (Fsp3) is 0. The summed E-state index contributed by atoms with van der Waals surface area (Å²) in [6.45, 7) is 0. The van der Waals surface area contributed by atoms with Gasteiger partial charge in [-0.1, -0.05) is 36.4 Å². The first kappa shape index (κ1) is 17.2. The van der Waals surface area contributed by atoms with E-state index in [1.54, 1.807) is 36.4 Å². The van der Waals surface area contributed by atoms with Crippen molar-refractivity contribution in [3.8, 4) is 0 Å². The van der Waals surface area contributed by atoms with Crippen LogP contribution >= 0.6 is 0 Å². The van der Waals surface area contributed by atoms with Gasteiger partial charge in [0.2, 0.25) is 0 Å². The van der Waals surface area contributed by atoms with Crippen LogP contribution in [0.25, 0.3) is 10.8 Å². The summed E-state index contributed by atoms with van der Waals surface area (Å²) >= 11 is 0. The summed E-state index contributed by atoms with van der Waals surface area (Å²) < 4.78 is 32.7. The van der Waals surface area contributed by atoms with Gasteiger partial charge in [0.05, 0.1) is 4.90 Å². The Hall–Kier alpha value is 1.25. The second-order valence-electron chi connectivity index (χ2n) is 2.93. The van der Waals surface area contributed by atoms with Gasteiger partial charge >= 0.3 is 80.9 Å². The molecule has 0 aliphatic heterocycles. The summed E-state index contributed by atoms with van der Waals surface area (Å²) in [5, 5.41) is 1.23. The monoisotopic (exact) mass is 270 g/mol. The quantitative estimate of drug-likeness (QED) is 0.449. The minimum absolute atomic E-state index is 0. The van der Waals surface area contributed by atoms with Crippen molar-refractivity contribution in [3.63, 3.8) is 0 Å². The van der Waals surface area contributed by atoms with Gasteiger partial charge in [0.15, 0.2) is 0 Å². The molecule has 6 heteroatoms. The van der Waals surface area contributed by atoms with Gasteiger partial charge in [-0.2, -0.15) is 0 Å². The van der Waals surface area contributed by atoms with Crippen LogP contribution in [0.3, 0.4) is 0 Å². The standard InChI is InChI=1S/C10H8O3S.K.Na.H/c11-14(12,13)10-7-3-5-8-4-1-2-6-9(8)10;;;/h1-7H,(H,11,12,13);;;/q;+1;;/p-1. The molecule has 3 nitrogen and oxygen atoms in total. The van der Waals surface area contributed by atoms with Gasteiger partial charge in [-0.05, 0) is 16.8 Å². The summed E-state index contributed by atoms with van der Waals surface area (Å²) in [5.74, 6) is 0. The van der Waals surface area contributed by atoms with Crippen LogP contribution in [0.1, 0.15) is 0 Å². The molecule has 0 heterocycles. The van der Waals surface area contributed by atoms with Crippen LogP contribution in [0.2, 0.25) is 0 Å². The van der Waals surface area contributed by atoms with E-state index in [9.17, 15) is 13.0 Å². The Morgan fingerprint density at radius 2 is 1.50 bits per heavy atom. The number of fused-ring (bicyclic) bond motifs is 1. The summed E-state index contributed by atoms with van der Waals surface area (Å²) in [5.41, 5.74) is 0. The van der Waals surface area contributed by atoms with Gasteiger partial charge in [0.1, 0.15) is 10.1 Å². The molecule has 0 unspecified atom stereocenters. The molecule has 2 aromatic carbocycles. The van der Waals surface area contributed by atoms with E-state index in [1.165, 1.54) is 6.07 Å². The van der Waals surface area contributed by atoms with E-state index in [2.05, 4.69) is 0 Å². The zero-order chi connectivity index (χ0) is 10.2. The SMILES string of the molecule is O=S(=O)([O-])c1cccc2ccccc12.[K+].[NaH].